The van der Waals surface area contributed by atoms with Crippen molar-refractivity contribution < 1.29 is 27.0 Å². The molecular weight excluding hydrogens is 361 g/mol. The highest BCUT2D eigenvalue weighted by atomic mass is 32.2. The third-order valence-electron chi connectivity index (χ3n) is 3.66. The SMILES string of the molecule is C=CCN(c1cc(OC)ccc1OC)S(=O)(=O)c1ccc(OC)c(F)c1. The van der Waals surface area contributed by atoms with Crippen LogP contribution < -0.4 is 18.5 Å². The van der Waals surface area contributed by atoms with Crippen LogP contribution in [0.3, 0.4) is 0 Å². The number of methoxy groups -OCH3 is 3. The minimum absolute atomic E-state index is 0.0422. The lowest BCUT2D eigenvalue weighted by Gasteiger charge is -2.25. The number of nitrogens with zero attached hydrogens (tertiary/aromatic N) is 1. The molecule has 0 aliphatic rings. The first-order valence-corrected chi connectivity index (χ1v) is 9.02. The summed E-state index contributed by atoms with van der Waals surface area (Å²) in [6.45, 7) is 3.56. The zero-order valence-electron chi connectivity index (χ0n) is 14.7. The van der Waals surface area contributed by atoms with Crippen LogP contribution in [-0.2, 0) is 10.0 Å². The summed E-state index contributed by atoms with van der Waals surface area (Å²) in [6, 6.07) is 8.22. The summed E-state index contributed by atoms with van der Waals surface area (Å²) in [7, 11) is 0.110. The van der Waals surface area contributed by atoms with Gasteiger partial charge in [-0.2, -0.15) is 0 Å². The summed E-state index contributed by atoms with van der Waals surface area (Å²) >= 11 is 0. The Morgan fingerprint density at radius 1 is 1.04 bits per heavy atom. The first-order valence-electron chi connectivity index (χ1n) is 7.58. The summed E-state index contributed by atoms with van der Waals surface area (Å²) in [4.78, 5) is -0.220. The fourth-order valence-corrected chi connectivity index (χ4v) is 3.82. The molecule has 0 aromatic heterocycles. The van der Waals surface area contributed by atoms with Gasteiger partial charge in [0.05, 0.1) is 38.5 Å². The first-order chi connectivity index (χ1) is 12.4. The van der Waals surface area contributed by atoms with Gasteiger partial charge in [-0.15, -0.1) is 6.58 Å². The van der Waals surface area contributed by atoms with Gasteiger partial charge in [-0.1, -0.05) is 6.08 Å². The molecule has 0 spiro atoms. The molecular formula is C18H20FNO5S. The van der Waals surface area contributed by atoms with Gasteiger partial charge in [0, 0.05) is 6.07 Å². The van der Waals surface area contributed by atoms with Crippen molar-refractivity contribution in [2.75, 3.05) is 32.2 Å². The van der Waals surface area contributed by atoms with Crippen molar-refractivity contribution >= 4 is 15.7 Å². The second kappa shape index (κ2) is 8.09. The van der Waals surface area contributed by atoms with Gasteiger partial charge in [-0.3, -0.25) is 4.31 Å². The van der Waals surface area contributed by atoms with Crippen LogP contribution in [0.5, 0.6) is 17.2 Å². The first kappa shape index (κ1) is 19.6. The third kappa shape index (κ3) is 3.75. The molecule has 0 saturated heterocycles. The monoisotopic (exact) mass is 381 g/mol. The summed E-state index contributed by atoms with van der Waals surface area (Å²) in [5.41, 5.74) is 0.253. The Labute approximate surface area is 152 Å². The van der Waals surface area contributed by atoms with E-state index in [1.54, 1.807) is 12.1 Å². The molecule has 2 aromatic rings. The van der Waals surface area contributed by atoms with Crippen molar-refractivity contribution in [2.24, 2.45) is 0 Å². The lowest BCUT2D eigenvalue weighted by atomic mass is 10.2. The minimum atomic E-state index is -4.09. The van der Waals surface area contributed by atoms with Crippen LogP contribution in [0.4, 0.5) is 10.1 Å². The number of rotatable bonds is 8. The van der Waals surface area contributed by atoms with Crippen LogP contribution >= 0.6 is 0 Å². The molecule has 0 bridgehead atoms. The number of sulfonamides is 1. The van der Waals surface area contributed by atoms with Crippen LogP contribution in [0.15, 0.2) is 53.9 Å². The maximum atomic E-state index is 14.0. The van der Waals surface area contributed by atoms with Crippen molar-refractivity contribution in [2.45, 2.75) is 4.90 Å². The molecule has 0 amide bonds. The highest BCUT2D eigenvalue weighted by Gasteiger charge is 2.28. The van der Waals surface area contributed by atoms with Gasteiger partial charge < -0.3 is 14.2 Å². The molecule has 26 heavy (non-hydrogen) atoms. The van der Waals surface area contributed by atoms with Crippen molar-refractivity contribution in [3.63, 3.8) is 0 Å². The highest BCUT2D eigenvalue weighted by Crippen LogP contribution is 2.36. The number of anilines is 1. The Hall–Kier alpha value is -2.74. The van der Waals surface area contributed by atoms with Gasteiger partial charge in [-0.25, -0.2) is 12.8 Å². The molecule has 0 unspecified atom stereocenters. The Bertz CT molecular complexity index is 898. The summed E-state index contributed by atoms with van der Waals surface area (Å²) in [6.07, 6.45) is 1.43. The van der Waals surface area contributed by atoms with E-state index in [0.29, 0.717) is 11.5 Å². The summed E-state index contributed by atoms with van der Waals surface area (Å²) in [5, 5.41) is 0. The molecule has 0 saturated carbocycles. The molecule has 2 rings (SSSR count). The summed E-state index contributed by atoms with van der Waals surface area (Å²) < 4.78 is 56.6. The minimum Gasteiger partial charge on any atom is -0.497 e. The predicted octanol–water partition coefficient (Wildman–Crippen LogP) is 3.23. The van der Waals surface area contributed by atoms with E-state index in [-0.39, 0.29) is 22.9 Å². The molecule has 0 fully saturated rings. The Kier molecular flexibility index (Phi) is 6.10. The quantitative estimate of drug-likeness (QED) is 0.657. The molecule has 2 aromatic carbocycles. The van der Waals surface area contributed by atoms with Gasteiger partial charge in [0.1, 0.15) is 11.5 Å². The largest absolute Gasteiger partial charge is 0.497 e. The van der Waals surface area contributed by atoms with E-state index in [9.17, 15) is 12.8 Å². The smallest absolute Gasteiger partial charge is 0.264 e. The average Bonchev–Trinajstić information content (AvgIpc) is 2.65. The Balaban J connectivity index is 2.62. The fraction of sp³-hybridized carbons (Fsp3) is 0.222. The van der Waals surface area contributed by atoms with Gasteiger partial charge >= 0.3 is 0 Å². The van der Waals surface area contributed by atoms with E-state index in [0.717, 1.165) is 10.4 Å². The van der Waals surface area contributed by atoms with Crippen molar-refractivity contribution in [1.29, 1.82) is 0 Å². The second-order valence-electron chi connectivity index (χ2n) is 5.16. The molecule has 0 heterocycles. The molecule has 0 N–H and O–H groups in total. The number of halogens is 1. The molecule has 0 atom stereocenters. The predicted molar refractivity (Wildman–Crippen MR) is 97.2 cm³/mol. The molecule has 8 heteroatoms. The van der Waals surface area contributed by atoms with Crippen LogP contribution in [0.25, 0.3) is 0 Å². The topological polar surface area (TPSA) is 65.1 Å². The van der Waals surface area contributed by atoms with Gasteiger partial charge in [-0.05, 0) is 30.3 Å². The Morgan fingerprint density at radius 3 is 2.23 bits per heavy atom. The van der Waals surface area contributed by atoms with Gasteiger partial charge in [0.2, 0.25) is 0 Å². The van der Waals surface area contributed by atoms with E-state index < -0.39 is 15.8 Å². The van der Waals surface area contributed by atoms with E-state index in [4.69, 9.17) is 14.2 Å². The van der Waals surface area contributed by atoms with Crippen molar-refractivity contribution in [1.82, 2.24) is 0 Å². The molecule has 0 aliphatic carbocycles. The third-order valence-corrected chi connectivity index (χ3v) is 5.44. The zero-order valence-corrected chi connectivity index (χ0v) is 15.5. The fourth-order valence-electron chi connectivity index (χ4n) is 2.37. The lowest BCUT2D eigenvalue weighted by Crippen LogP contribution is -2.31. The highest BCUT2D eigenvalue weighted by molar-refractivity contribution is 7.92. The number of ether oxygens (including phenoxy) is 3. The molecule has 140 valence electrons. The Morgan fingerprint density at radius 2 is 1.69 bits per heavy atom. The molecule has 6 nitrogen and oxygen atoms in total. The number of benzene rings is 2. The zero-order chi connectivity index (χ0) is 19.3. The van der Waals surface area contributed by atoms with Crippen LogP contribution in [0.1, 0.15) is 0 Å². The maximum Gasteiger partial charge on any atom is 0.264 e. The second-order valence-corrected chi connectivity index (χ2v) is 7.02. The molecule has 0 radical (unpaired) electrons. The maximum absolute atomic E-state index is 14.0. The van der Waals surface area contributed by atoms with E-state index >= 15 is 0 Å². The summed E-state index contributed by atoms with van der Waals surface area (Å²) in [5.74, 6) is -0.0425. The molecule has 0 aliphatic heterocycles. The standard InChI is InChI=1S/C18H20FNO5S/c1-5-10-20(16-11-13(23-2)6-8-18(16)25-4)26(21,22)14-7-9-17(24-3)15(19)12-14/h5-9,11-12H,1,10H2,2-4H3. The van der Waals surface area contributed by atoms with E-state index in [1.165, 1.54) is 45.6 Å². The van der Waals surface area contributed by atoms with E-state index in [2.05, 4.69) is 6.58 Å². The van der Waals surface area contributed by atoms with Crippen molar-refractivity contribution in [3.05, 3.63) is 54.9 Å². The van der Waals surface area contributed by atoms with E-state index in [1.807, 2.05) is 0 Å². The van der Waals surface area contributed by atoms with Gasteiger partial charge in [0.25, 0.3) is 10.0 Å². The normalized spacial score (nSPS) is 10.9. The van der Waals surface area contributed by atoms with Crippen LogP contribution in [0, 0.1) is 5.82 Å². The lowest BCUT2D eigenvalue weighted by molar-refractivity contribution is 0.385. The number of hydrogen-bond donors (Lipinski definition) is 0. The van der Waals surface area contributed by atoms with Crippen molar-refractivity contribution in [3.8, 4) is 17.2 Å². The average molecular weight is 381 g/mol. The van der Waals surface area contributed by atoms with Gasteiger partial charge in [0.15, 0.2) is 11.6 Å². The number of hydrogen-bond acceptors (Lipinski definition) is 5. The van der Waals surface area contributed by atoms with Crippen LogP contribution in [0.2, 0.25) is 0 Å². The van der Waals surface area contributed by atoms with Crippen LogP contribution in [-0.4, -0.2) is 36.3 Å².